The molecule has 0 bridgehead atoms. The van der Waals surface area contributed by atoms with Gasteiger partial charge in [-0.1, -0.05) is 32.0 Å². The zero-order chi connectivity index (χ0) is 19.6. The Labute approximate surface area is 162 Å². The van der Waals surface area contributed by atoms with Gasteiger partial charge in [0.25, 0.3) is 5.91 Å². The molecule has 2 N–H and O–H groups in total. The fraction of sp³-hybridized carbons (Fsp3) is 0.500. The van der Waals surface area contributed by atoms with Gasteiger partial charge in [-0.2, -0.15) is 0 Å². The molecule has 1 aromatic carbocycles. The van der Waals surface area contributed by atoms with Crippen LogP contribution in [-0.2, 0) is 13.0 Å². The summed E-state index contributed by atoms with van der Waals surface area (Å²) in [4.78, 5) is 17.0. The number of carbonyl (C=O) groups is 1. The summed E-state index contributed by atoms with van der Waals surface area (Å²) in [6, 6.07) is 10.7. The number of carbonyl (C=O) groups excluding carboxylic acids is 1. The zero-order valence-corrected chi connectivity index (χ0v) is 16.8. The third-order valence-electron chi connectivity index (χ3n) is 5.64. The fourth-order valence-electron chi connectivity index (χ4n) is 3.66. The second-order valence-corrected chi connectivity index (χ2v) is 7.99. The standard InChI is InChI=1S/C22H31N3O2/c1-15(2)19(23)9-11-24(4)22(26)18-10-12-27-21(18)14-25-16(3)13-17-7-5-6-8-20(17)25/h5-8,10,12,15-16,19H,9,11,13-14,23H2,1-4H3. The van der Waals surface area contributed by atoms with Crippen molar-refractivity contribution >= 4 is 11.6 Å². The Morgan fingerprint density at radius 3 is 2.81 bits per heavy atom. The maximum absolute atomic E-state index is 12.9. The molecule has 1 aliphatic heterocycles. The summed E-state index contributed by atoms with van der Waals surface area (Å²) in [5.74, 6) is 1.13. The number of para-hydroxylation sites is 1. The van der Waals surface area contributed by atoms with Crippen molar-refractivity contribution in [3.8, 4) is 0 Å². The maximum Gasteiger partial charge on any atom is 0.257 e. The largest absolute Gasteiger partial charge is 0.467 e. The molecule has 2 heterocycles. The Morgan fingerprint density at radius 1 is 1.33 bits per heavy atom. The summed E-state index contributed by atoms with van der Waals surface area (Å²) >= 11 is 0. The van der Waals surface area contributed by atoms with E-state index < -0.39 is 0 Å². The van der Waals surface area contributed by atoms with Crippen molar-refractivity contribution in [2.75, 3.05) is 18.5 Å². The summed E-state index contributed by atoms with van der Waals surface area (Å²) in [5.41, 5.74) is 9.35. The number of anilines is 1. The van der Waals surface area contributed by atoms with E-state index in [9.17, 15) is 4.79 Å². The molecule has 2 aromatic rings. The lowest BCUT2D eigenvalue weighted by Gasteiger charge is -2.25. The third-order valence-corrected chi connectivity index (χ3v) is 5.64. The Morgan fingerprint density at radius 2 is 2.07 bits per heavy atom. The number of rotatable bonds is 7. The number of hydrogen-bond acceptors (Lipinski definition) is 4. The van der Waals surface area contributed by atoms with Crippen molar-refractivity contribution in [3.05, 3.63) is 53.5 Å². The average molecular weight is 370 g/mol. The molecule has 2 unspecified atom stereocenters. The van der Waals surface area contributed by atoms with Gasteiger partial charge in [0.15, 0.2) is 0 Å². The van der Waals surface area contributed by atoms with Crippen LogP contribution in [0.25, 0.3) is 0 Å². The molecule has 5 heteroatoms. The number of fused-ring (bicyclic) bond motifs is 1. The van der Waals surface area contributed by atoms with Gasteiger partial charge in [0.1, 0.15) is 5.76 Å². The molecule has 2 atom stereocenters. The first-order valence-electron chi connectivity index (χ1n) is 9.80. The van der Waals surface area contributed by atoms with Crippen molar-refractivity contribution < 1.29 is 9.21 Å². The molecule has 0 saturated carbocycles. The van der Waals surface area contributed by atoms with Crippen LogP contribution in [0.4, 0.5) is 5.69 Å². The molecule has 0 radical (unpaired) electrons. The maximum atomic E-state index is 12.9. The van der Waals surface area contributed by atoms with Gasteiger partial charge in [-0.05, 0) is 43.4 Å². The van der Waals surface area contributed by atoms with E-state index >= 15 is 0 Å². The van der Waals surface area contributed by atoms with E-state index in [1.54, 1.807) is 17.2 Å². The summed E-state index contributed by atoms with van der Waals surface area (Å²) in [5, 5.41) is 0. The van der Waals surface area contributed by atoms with Gasteiger partial charge in [0.2, 0.25) is 0 Å². The predicted octanol–water partition coefficient (Wildman–Crippen LogP) is 3.68. The van der Waals surface area contributed by atoms with Crippen LogP contribution in [-0.4, -0.2) is 36.5 Å². The van der Waals surface area contributed by atoms with Crippen LogP contribution in [0.2, 0.25) is 0 Å². The van der Waals surface area contributed by atoms with Crippen LogP contribution < -0.4 is 10.6 Å². The van der Waals surface area contributed by atoms with Crippen molar-refractivity contribution in [1.29, 1.82) is 0 Å². The van der Waals surface area contributed by atoms with Gasteiger partial charge < -0.3 is 20.0 Å². The summed E-state index contributed by atoms with van der Waals surface area (Å²) in [6.45, 7) is 7.67. The lowest BCUT2D eigenvalue weighted by atomic mass is 10.0. The monoisotopic (exact) mass is 369 g/mol. The molecule has 5 nitrogen and oxygen atoms in total. The van der Waals surface area contributed by atoms with E-state index in [1.165, 1.54) is 11.3 Å². The molecule has 1 aliphatic rings. The number of nitrogens with zero attached hydrogens (tertiary/aromatic N) is 2. The fourth-order valence-corrected chi connectivity index (χ4v) is 3.66. The topological polar surface area (TPSA) is 62.7 Å². The van der Waals surface area contributed by atoms with Gasteiger partial charge in [-0.15, -0.1) is 0 Å². The number of benzene rings is 1. The van der Waals surface area contributed by atoms with Crippen LogP contribution in [0.1, 0.15) is 48.9 Å². The van der Waals surface area contributed by atoms with Crippen molar-refractivity contribution in [3.63, 3.8) is 0 Å². The molecular formula is C22H31N3O2. The third kappa shape index (κ3) is 4.19. The van der Waals surface area contributed by atoms with E-state index in [0.717, 1.165) is 18.6 Å². The van der Waals surface area contributed by atoms with Crippen LogP contribution in [0.5, 0.6) is 0 Å². The molecule has 0 aliphatic carbocycles. The van der Waals surface area contributed by atoms with Crippen LogP contribution in [0.3, 0.4) is 0 Å². The van der Waals surface area contributed by atoms with Gasteiger partial charge in [-0.3, -0.25) is 4.79 Å². The summed E-state index contributed by atoms with van der Waals surface area (Å²) < 4.78 is 5.71. The molecule has 146 valence electrons. The number of nitrogens with two attached hydrogens (primary N) is 1. The highest BCUT2D eigenvalue weighted by Crippen LogP contribution is 2.33. The van der Waals surface area contributed by atoms with Gasteiger partial charge in [0, 0.05) is 31.4 Å². The summed E-state index contributed by atoms with van der Waals surface area (Å²) in [7, 11) is 1.83. The SMILES string of the molecule is CC(C)C(N)CCN(C)C(=O)c1ccoc1CN1c2ccccc2CC1C. The molecule has 3 rings (SSSR count). The van der Waals surface area contributed by atoms with Gasteiger partial charge in [0.05, 0.1) is 18.4 Å². The molecule has 0 saturated heterocycles. The highest BCUT2D eigenvalue weighted by molar-refractivity contribution is 5.95. The minimum absolute atomic E-state index is 0.00478. The molecule has 1 aromatic heterocycles. The Bertz CT molecular complexity index is 783. The first kappa shape index (κ1) is 19.5. The smallest absolute Gasteiger partial charge is 0.257 e. The Hall–Kier alpha value is -2.27. The minimum Gasteiger partial charge on any atom is -0.467 e. The lowest BCUT2D eigenvalue weighted by Crippen LogP contribution is -2.35. The van der Waals surface area contributed by atoms with E-state index in [0.29, 0.717) is 30.6 Å². The second-order valence-electron chi connectivity index (χ2n) is 7.99. The normalized spacial score (nSPS) is 17.3. The first-order chi connectivity index (χ1) is 12.9. The molecule has 27 heavy (non-hydrogen) atoms. The lowest BCUT2D eigenvalue weighted by molar-refractivity contribution is 0.0787. The minimum atomic E-state index is -0.00478. The van der Waals surface area contributed by atoms with Crippen molar-refractivity contribution in [1.82, 2.24) is 4.90 Å². The number of amides is 1. The van der Waals surface area contributed by atoms with E-state index in [4.69, 9.17) is 10.2 Å². The van der Waals surface area contributed by atoms with Crippen molar-refractivity contribution in [2.24, 2.45) is 11.7 Å². The highest BCUT2D eigenvalue weighted by Gasteiger charge is 2.28. The molecule has 0 fully saturated rings. The van der Waals surface area contributed by atoms with Crippen LogP contribution in [0, 0.1) is 5.92 Å². The molecule has 1 amide bonds. The average Bonchev–Trinajstić information content (AvgIpc) is 3.23. The highest BCUT2D eigenvalue weighted by atomic mass is 16.3. The van der Waals surface area contributed by atoms with E-state index in [-0.39, 0.29) is 11.9 Å². The van der Waals surface area contributed by atoms with Crippen LogP contribution in [0.15, 0.2) is 41.0 Å². The molecule has 0 spiro atoms. The summed E-state index contributed by atoms with van der Waals surface area (Å²) in [6.07, 6.45) is 3.43. The number of hydrogen-bond donors (Lipinski definition) is 1. The first-order valence-corrected chi connectivity index (χ1v) is 9.80. The van der Waals surface area contributed by atoms with Gasteiger partial charge >= 0.3 is 0 Å². The Balaban J connectivity index is 1.70. The Kier molecular flexibility index (Phi) is 5.90. The second kappa shape index (κ2) is 8.17. The zero-order valence-electron chi connectivity index (χ0n) is 16.8. The quantitative estimate of drug-likeness (QED) is 0.809. The van der Waals surface area contributed by atoms with Crippen LogP contribution >= 0.6 is 0 Å². The predicted molar refractivity (Wildman–Crippen MR) is 109 cm³/mol. The number of furan rings is 1. The van der Waals surface area contributed by atoms with E-state index in [1.807, 2.05) is 7.05 Å². The van der Waals surface area contributed by atoms with Crippen molar-refractivity contribution in [2.45, 2.75) is 52.2 Å². The molecular weight excluding hydrogens is 338 g/mol. The van der Waals surface area contributed by atoms with Gasteiger partial charge in [-0.25, -0.2) is 0 Å². The van der Waals surface area contributed by atoms with E-state index in [2.05, 4.69) is 49.9 Å².